The molecular weight excluding hydrogens is 310 g/mol. The molecule has 0 aliphatic carbocycles. The number of aromatic nitrogens is 2. The van der Waals surface area contributed by atoms with E-state index in [1.165, 1.54) is 11.3 Å². The van der Waals surface area contributed by atoms with Crippen molar-refractivity contribution in [3.8, 4) is 0 Å². The first-order valence-corrected chi connectivity index (χ1v) is 7.93. The maximum absolute atomic E-state index is 10.5. The smallest absolute Gasteiger partial charge is 0.171 e. The molecule has 118 valence electrons. The van der Waals surface area contributed by atoms with Crippen LogP contribution < -0.4 is 16.4 Å². The Morgan fingerprint density at radius 3 is 2.87 bits per heavy atom. The number of benzene rings is 1. The molecule has 1 unspecified atom stereocenters. The van der Waals surface area contributed by atoms with Crippen molar-refractivity contribution < 1.29 is 5.11 Å². The predicted molar refractivity (Wildman–Crippen MR) is 93.8 cm³/mol. The van der Waals surface area contributed by atoms with Gasteiger partial charge in [-0.25, -0.2) is 4.98 Å². The standard InChI is InChI=1S/C16H17N5OS/c1-10-4-2-6-12(17)13(10)21-15(22)14-16(23-9-19-14)20-11-5-3-7-18-8-11/h2-9,15,20-22H,17H2,1H3. The number of aryl methyl sites for hydroxylation is 1. The van der Waals surface area contributed by atoms with Crippen LogP contribution in [0.25, 0.3) is 0 Å². The predicted octanol–water partition coefficient (Wildman–Crippen LogP) is 3.28. The molecule has 0 radical (unpaired) electrons. The summed E-state index contributed by atoms with van der Waals surface area (Å²) in [5.74, 6) is 0. The van der Waals surface area contributed by atoms with Crippen LogP contribution in [0.2, 0.25) is 0 Å². The molecule has 5 N–H and O–H groups in total. The van der Waals surface area contributed by atoms with E-state index in [0.29, 0.717) is 17.1 Å². The summed E-state index contributed by atoms with van der Waals surface area (Å²) >= 11 is 1.41. The summed E-state index contributed by atoms with van der Waals surface area (Å²) < 4.78 is 0. The fraction of sp³-hybridized carbons (Fsp3) is 0.125. The molecule has 2 aromatic heterocycles. The number of nitrogens with two attached hydrogens (primary N) is 1. The molecule has 6 nitrogen and oxygen atoms in total. The third-order valence-corrected chi connectivity index (χ3v) is 4.12. The number of hydrogen-bond acceptors (Lipinski definition) is 7. The zero-order valence-corrected chi connectivity index (χ0v) is 13.3. The van der Waals surface area contributed by atoms with E-state index in [0.717, 1.165) is 16.3 Å². The lowest BCUT2D eigenvalue weighted by molar-refractivity contribution is 0.205. The molecule has 1 aromatic carbocycles. The number of nitrogen functional groups attached to an aromatic ring is 1. The molecule has 0 aliphatic rings. The molecular formula is C16H17N5OS. The van der Waals surface area contributed by atoms with Gasteiger partial charge < -0.3 is 21.5 Å². The molecule has 3 rings (SSSR count). The Kier molecular flexibility index (Phi) is 4.40. The van der Waals surface area contributed by atoms with Crippen LogP contribution in [0, 0.1) is 6.92 Å². The first-order valence-electron chi connectivity index (χ1n) is 7.05. The number of para-hydroxylation sites is 1. The van der Waals surface area contributed by atoms with Crippen molar-refractivity contribution in [2.24, 2.45) is 0 Å². The van der Waals surface area contributed by atoms with Gasteiger partial charge in [0, 0.05) is 6.20 Å². The van der Waals surface area contributed by atoms with Gasteiger partial charge in [0.15, 0.2) is 6.23 Å². The lowest BCUT2D eigenvalue weighted by atomic mass is 10.1. The largest absolute Gasteiger partial charge is 0.397 e. The first kappa shape index (κ1) is 15.3. The van der Waals surface area contributed by atoms with Crippen LogP contribution in [0.3, 0.4) is 0 Å². The molecule has 0 spiro atoms. The van der Waals surface area contributed by atoms with Gasteiger partial charge in [0.1, 0.15) is 10.7 Å². The minimum absolute atomic E-state index is 0.515. The van der Waals surface area contributed by atoms with Crippen molar-refractivity contribution in [3.05, 3.63) is 59.5 Å². The number of nitrogens with zero attached hydrogens (tertiary/aromatic N) is 2. The maximum Gasteiger partial charge on any atom is 0.171 e. The molecule has 23 heavy (non-hydrogen) atoms. The van der Waals surface area contributed by atoms with E-state index in [2.05, 4.69) is 20.6 Å². The Hall–Kier alpha value is -2.64. The summed E-state index contributed by atoms with van der Waals surface area (Å²) in [6.07, 6.45) is 2.45. The highest BCUT2D eigenvalue weighted by Crippen LogP contribution is 2.32. The second kappa shape index (κ2) is 6.64. The van der Waals surface area contributed by atoms with Gasteiger partial charge in [0.25, 0.3) is 0 Å². The molecule has 0 amide bonds. The Labute approximate surface area is 138 Å². The van der Waals surface area contributed by atoms with Crippen LogP contribution in [0.15, 0.2) is 48.2 Å². The normalized spacial score (nSPS) is 11.9. The third-order valence-electron chi connectivity index (χ3n) is 3.36. The zero-order chi connectivity index (χ0) is 16.2. The number of thiazole rings is 1. The molecule has 0 aliphatic heterocycles. The van der Waals surface area contributed by atoms with Gasteiger partial charge in [-0.2, -0.15) is 0 Å². The van der Waals surface area contributed by atoms with Crippen molar-refractivity contribution in [2.75, 3.05) is 16.4 Å². The van der Waals surface area contributed by atoms with E-state index in [1.54, 1.807) is 24.0 Å². The molecule has 0 saturated heterocycles. The maximum atomic E-state index is 10.5. The van der Waals surface area contributed by atoms with E-state index in [1.807, 2.05) is 31.2 Å². The van der Waals surface area contributed by atoms with E-state index >= 15 is 0 Å². The molecule has 2 heterocycles. The number of nitrogens with one attached hydrogen (secondary N) is 2. The van der Waals surface area contributed by atoms with Gasteiger partial charge in [-0.1, -0.05) is 12.1 Å². The van der Waals surface area contributed by atoms with Crippen LogP contribution in [0.1, 0.15) is 17.5 Å². The number of hydrogen-bond donors (Lipinski definition) is 4. The van der Waals surface area contributed by atoms with Gasteiger partial charge in [-0.05, 0) is 30.7 Å². The molecule has 0 saturated carbocycles. The monoisotopic (exact) mass is 327 g/mol. The number of pyridine rings is 1. The van der Waals surface area contributed by atoms with Crippen molar-refractivity contribution in [3.63, 3.8) is 0 Å². The van der Waals surface area contributed by atoms with Gasteiger partial charge in [0.05, 0.1) is 28.8 Å². The molecule has 3 aromatic rings. The Morgan fingerprint density at radius 2 is 2.13 bits per heavy atom. The number of anilines is 4. The summed E-state index contributed by atoms with van der Waals surface area (Å²) in [6, 6.07) is 9.33. The van der Waals surface area contributed by atoms with E-state index < -0.39 is 6.23 Å². The Balaban J connectivity index is 1.81. The highest BCUT2D eigenvalue weighted by molar-refractivity contribution is 7.14. The summed E-state index contributed by atoms with van der Waals surface area (Å²) in [7, 11) is 0. The fourth-order valence-corrected chi connectivity index (χ4v) is 2.94. The SMILES string of the molecule is Cc1cccc(N)c1NC(O)c1ncsc1Nc1cccnc1. The first-order chi connectivity index (χ1) is 11.1. The summed E-state index contributed by atoms with van der Waals surface area (Å²) in [6.45, 7) is 1.93. The van der Waals surface area contributed by atoms with Crippen molar-refractivity contribution in [2.45, 2.75) is 13.2 Å². The summed E-state index contributed by atoms with van der Waals surface area (Å²) in [4.78, 5) is 8.31. The van der Waals surface area contributed by atoms with Crippen molar-refractivity contribution >= 4 is 33.4 Å². The van der Waals surface area contributed by atoms with E-state index in [9.17, 15) is 5.11 Å². The highest BCUT2D eigenvalue weighted by Gasteiger charge is 2.17. The lowest BCUT2D eigenvalue weighted by Crippen LogP contribution is -2.13. The zero-order valence-electron chi connectivity index (χ0n) is 12.5. The highest BCUT2D eigenvalue weighted by atomic mass is 32.1. The summed E-state index contributed by atoms with van der Waals surface area (Å²) in [5.41, 5.74) is 11.3. The van der Waals surface area contributed by atoms with Crippen LogP contribution in [-0.2, 0) is 0 Å². The second-order valence-electron chi connectivity index (χ2n) is 5.02. The minimum atomic E-state index is -0.969. The molecule has 0 bridgehead atoms. The van der Waals surface area contributed by atoms with Gasteiger partial charge in [-0.15, -0.1) is 11.3 Å². The van der Waals surface area contributed by atoms with Crippen LogP contribution >= 0.6 is 11.3 Å². The van der Waals surface area contributed by atoms with Crippen molar-refractivity contribution in [1.29, 1.82) is 0 Å². The van der Waals surface area contributed by atoms with Gasteiger partial charge >= 0.3 is 0 Å². The number of aliphatic hydroxyl groups excluding tert-OH is 1. The molecule has 7 heteroatoms. The topological polar surface area (TPSA) is 96.1 Å². The van der Waals surface area contributed by atoms with Gasteiger partial charge in [0.2, 0.25) is 0 Å². The van der Waals surface area contributed by atoms with E-state index in [-0.39, 0.29) is 0 Å². The Bertz CT molecular complexity index is 770. The average molecular weight is 327 g/mol. The Morgan fingerprint density at radius 1 is 1.26 bits per heavy atom. The van der Waals surface area contributed by atoms with Gasteiger partial charge in [-0.3, -0.25) is 4.98 Å². The van der Waals surface area contributed by atoms with E-state index in [4.69, 9.17) is 5.73 Å². The number of rotatable bonds is 5. The van der Waals surface area contributed by atoms with Crippen LogP contribution in [-0.4, -0.2) is 15.1 Å². The second-order valence-corrected chi connectivity index (χ2v) is 5.87. The fourth-order valence-electron chi connectivity index (χ4n) is 2.20. The molecule has 0 fully saturated rings. The molecule has 1 atom stereocenters. The third kappa shape index (κ3) is 3.41. The summed E-state index contributed by atoms with van der Waals surface area (Å²) in [5, 5.41) is 17.5. The number of aliphatic hydroxyl groups is 1. The average Bonchev–Trinajstić information content (AvgIpc) is 3.00. The van der Waals surface area contributed by atoms with Crippen molar-refractivity contribution in [1.82, 2.24) is 9.97 Å². The minimum Gasteiger partial charge on any atom is -0.397 e. The lowest BCUT2D eigenvalue weighted by Gasteiger charge is -2.17. The van der Waals surface area contributed by atoms with Crippen LogP contribution in [0.5, 0.6) is 0 Å². The quantitative estimate of drug-likeness (QED) is 0.424. The van der Waals surface area contributed by atoms with Crippen LogP contribution in [0.4, 0.5) is 22.1 Å².